The van der Waals surface area contributed by atoms with Crippen LogP contribution in [0.25, 0.3) is 0 Å². The summed E-state index contributed by atoms with van der Waals surface area (Å²) in [6.07, 6.45) is 0. The molecule has 0 aromatic heterocycles. The summed E-state index contributed by atoms with van der Waals surface area (Å²) >= 11 is 3.40. The van der Waals surface area contributed by atoms with Crippen LogP contribution in [0.5, 0.6) is 0 Å². The number of nitrogens with one attached hydrogen (secondary N) is 2. The van der Waals surface area contributed by atoms with Crippen molar-refractivity contribution in [2.75, 3.05) is 11.9 Å². The number of rotatable bonds is 0. The van der Waals surface area contributed by atoms with E-state index in [0.29, 0.717) is 6.54 Å². The standard InChI is InChI=1S/C11H13BrN2O/c1-11(2)6-13-10(15)14-9-5-7(12)3-4-8(9)11/h3-5H,6H2,1-2H3,(H2,13,14,15). The lowest BCUT2D eigenvalue weighted by Gasteiger charge is -2.24. The number of urea groups is 1. The Labute approximate surface area is 97.4 Å². The Morgan fingerprint density at radius 3 is 2.87 bits per heavy atom. The van der Waals surface area contributed by atoms with Crippen molar-refractivity contribution < 1.29 is 4.79 Å². The number of benzene rings is 1. The molecule has 0 saturated carbocycles. The van der Waals surface area contributed by atoms with Crippen LogP contribution in [0.15, 0.2) is 22.7 Å². The third-order valence-corrected chi connectivity index (χ3v) is 3.14. The molecular weight excluding hydrogens is 256 g/mol. The van der Waals surface area contributed by atoms with Gasteiger partial charge in [0.1, 0.15) is 0 Å². The largest absolute Gasteiger partial charge is 0.337 e. The Kier molecular flexibility index (Phi) is 2.46. The first kappa shape index (κ1) is 10.5. The van der Waals surface area contributed by atoms with Crippen molar-refractivity contribution >= 4 is 27.6 Å². The quantitative estimate of drug-likeness (QED) is 0.747. The third kappa shape index (κ3) is 2.00. The zero-order valence-electron chi connectivity index (χ0n) is 8.73. The molecule has 0 fully saturated rings. The molecule has 1 aromatic carbocycles. The fourth-order valence-electron chi connectivity index (χ4n) is 1.77. The van der Waals surface area contributed by atoms with Gasteiger partial charge >= 0.3 is 6.03 Å². The first-order valence-corrected chi connectivity index (χ1v) is 5.63. The molecule has 1 aliphatic rings. The van der Waals surface area contributed by atoms with E-state index < -0.39 is 0 Å². The van der Waals surface area contributed by atoms with Crippen LogP contribution in [0.1, 0.15) is 19.4 Å². The number of fused-ring (bicyclic) bond motifs is 1. The molecule has 4 heteroatoms. The fraction of sp³-hybridized carbons (Fsp3) is 0.364. The van der Waals surface area contributed by atoms with E-state index in [4.69, 9.17) is 0 Å². The summed E-state index contributed by atoms with van der Waals surface area (Å²) < 4.78 is 0.972. The van der Waals surface area contributed by atoms with Gasteiger partial charge in [-0.1, -0.05) is 35.8 Å². The van der Waals surface area contributed by atoms with Crippen molar-refractivity contribution in [1.29, 1.82) is 0 Å². The average molecular weight is 269 g/mol. The first-order chi connectivity index (χ1) is 6.99. The molecule has 15 heavy (non-hydrogen) atoms. The molecule has 2 N–H and O–H groups in total. The monoisotopic (exact) mass is 268 g/mol. The van der Waals surface area contributed by atoms with Gasteiger partial charge in [0.05, 0.1) is 0 Å². The highest BCUT2D eigenvalue weighted by Gasteiger charge is 2.27. The highest BCUT2D eigenvalue weighted by molar-refractivity contribution is 9.10. The molecule has 0 bridgehead atoms. The van der Waals surface area contributed by atoms with E-state index in [1.165, 1.54) is 0 Å². The summed E-state index contributed by atoms with van der Waals surface area (Å²) in [5.74, 6) is 0. The van der Waals surface area contributed by atoms with Gasteiger partial charge in [-0.3, -0.25) is 0 Å². The van der Waals surface area contributed by atoms with Crippen molar-refractivity contribution in [1.82, 2.24) is 5.32 Å². The molecule has 0 atom stereocenters. The molecule has 1 aromatic rings. The average Bonchev–Trinajstić information content (AvgIpc) is 2.24. The normalized spacial score (nSPS) is 18.5. The molecule has 0 radical (unpaired) electrons. The van der Waals surface area contributed by atoms with Gasteiger partial charge in [0.25, 0.3) is 0 Å². The number of carbonyl (C=O) groups excluding carboxylic acids is 1. The van der Waals surface area contributed by atoms with Crippen LogP contribution >= 0.6 is 15.9 Å². The topological polar surface area (TPSA) is 41.1 Å². The van der Waals surface area contributed by atoms with Gasteiger partial charge in [-0.2, -0.15) is 0 Å². The SMILES string of the molecule is CC1(C)CNC(=O)Nc2cc(Br)ccc21. The summed E-state index contributed by atoms with van der Waals surface area (Å²) in [5, 5.41) is 5.67. The predicted molar refractivity (Wildman–Crippen MR) is 64.2 cm³/mol. The van der Waals surface area contributed by atoms with E-state index in [1.54, 1.807) is 0 Å². The summed E-state index contributed by atoms with van der Waals surface area (Å²) in [6, 6.07) is 5.84. The number of anilines is 1. The number of carbonyl (C=O) groups is 1. The van der Waals surface area contributed by atoms with Crippen molar-refractivity contribution in [3.05, 3.63) is 28.2 Å². The van der Waals surface area contributed by atoms with E-state index in [-0.39, 0.29) is 11.4 Å². The summed E-state index contributed by atoms with van der Waals surface area (Å²) in [7, 11) is 0. The van der Waals surface area contributed by atoms with Gasteiger partial charge in [0, 0.05) is 22.1 Å². The Balaban J connectivity index is 2.55. The molecule has 2 rings (SSSR count). The van der Waals surface area contributed by atoms with Crippen LogP contribution in [-0.4, -0.2) is 12.6 Å². The summed E-state index contributed by atoms with van der Waals surface area (Å²) in [6.45, 7) is 4.88. The van der Waals surface area contributed by atoms with Crippen molar-refractivity contribution in [3.63, 3.8) is 0 Å². The zero-order valence-corrected chi connectivity index (χ0v) is 10.3. The second-order valence-electron chi connectivity index (χ2n) is 4.38. The Bertz CT molecular complexity index is 415. The summed E-state index contributed by atoms with van der Waals surface area (Å²) in [5.41, 5.74) is 1.99. The van der Waals surface area contributed by atoms with E-state index >= 15 is 0 Å². The zero-order chi connectivity index (χ0) is 11.1. The minimum Gasteiger partial charge on any atom is -0.337 e. The molecule has 3 nitrogen and oxygen atoms in total. The maximum absolute atomic E-state index is 11.4. The smallest absolute Gasteiger partial charge is 0.319 e. The van der Waals surface area contributed by atoms with Crippen LogP contribution in [0.4, 0.5) is 10.5 Å². The molecule has 0 saturated heterocycles. The highest BCUT2D eigenvalue weighted by Crippen LogP contribution is 2.33. The molecule has 1 aliphatic heterocycles. The summed E-state index contributed by atoms with van der Waals surface area (Å²) in [4.78, 5) is 11.4. The van der Waals surface area contributed by atoms with E-state index in [9.17, 15) is 4.79 Å². The van der Waals surface area contributed by atoms with Crippen LogP contribution in [0.3, 0.4) is 0 Å². The second-order valence-corrected chi connectivity index (χ2v) is 5.30. The van der Waals surface area contributed by atoms with Crippen molar-refractivity contribution in [2.45, 2.75) is 19.3 Å². The Morgan fingerprint density at radius 2 is 2.13 bits per heavy atom. The number of halogens is 1. The number of hydrogen-bond acceptors (Lipinski definition) is 1. The molecule has 80 valence electrons. The van der Waals surface area contributed by atoms with Gasteiger partial charge in [-0.15, -0.1) is 0 Å². The Morgan fingerprint density at radius 1 is 1.40 bits per heavy atom. The molecule has 0 aliphatic carbocycles. The lowest BCUT2D eigenvalue weighted by molar-refractivity contribution is 0.250. The lowest BCUT2D eigenvalue weighted by atomic mass is 9.84. The minimum absolute atomic E-state index is 0.0464. The first-order valence-electron chi connectivity index (χ1n) is 4.84. The lowest BCUT2D eigenvalue weighted by Crippen LogP contribution is -2.34. The van der Waals surface area contributed by atoms with Crippen LogP contribution in [-0.2, 0) is 5.41 Å². The second kappa shape index (κ2) is 3.52. The van der Waals surface area contributed by atoms with Gasteiger partial charge in [-0.05, 0) is 17.7 Å². The number of amides is 2. The fourth-order valence-corrected chi connectivity index (χ4v) is 2.13. The van der Waals surface area contributed by atoms with E-state index in [1.807, 2.05) is 18.2 Å². The van der Waals surface area contributed by atoms with Gasteiger partial charge in [-0.25, -0.2) is 4.79 Å². The molecule has 2 amide bonds. The maximum Gasteiger partial charge on any atom is 0.319 e. The van der Waals surface area contributed by atoms with Crippen LogP contribution < -0.4 is 10.6 Å². The molecular formula is C11H13BrN2O. The van der Waals surface area contributed by atoms with Gasteiger partial charge in [0.15, 0.2) is 0 Å². The predicted octanol–water partition coefficient (Wildman–Crippen LogP) is 2.86. The maximum atomic E-state index is 11.4. The van der Waals surface area contributed by atoms with Crippen LogP contribution in [0, 0.1) is 0 Å². The molecule has 0 unspecified atom stereocenters. The van der Waals surface area contributed by atoms with E-state index in [2.05, 4.69) is 40.4 Å². The third-order valence-electron chi connectivity index (χ3n) is 2.65. The van der Waals surface area contributed by atoms with Gasteiger partial charge in [0.2, 0.25) is 0 Å². The van der Waals surface area contributed by atoms with Crippen molar-refractivity contribution in [2.24, 2.45) is 0 Å². The van der Waals surface area contributed by atoms with E-state index in [0.717, 1.165) is 15.7 Å². The van der Waals surface area contributed by atoms with Gasteiger partial charge < -0.3 is 10.6 Å². The minimum atomic E-state index is -0.139. The van der Waals surface area contributed by atoms with Crippen molar-refractivity contribution in [3.8, 4) is 0 Å². The number of hydrogen-bond donors (Lipinski definition) is 2. The molecule has 0 spiro atoms. The molecule has 1 heterocycles. The Hall–Kier alpha value is -1.03. The van der Waals surface area contributed by atoms with Crippen LogP contribution in [0.2, 0.25) is 0 Å². The highest BCUT2D eigenvalue weighted by atomic mass is 79.9.